The Labute approximate surface area is 102 Å². The van der Waals surface area contributed by atoms with Crippen LogP contribution in [0, 0.1) is 0 Å². The predicted molar refractivity (Wildman–Crippen MR) is 65.8 cm³/mol. The molecule has 0 aromatic rings. The Kier molecular flexibility index (Phi) is 5.64. The SMILES string of the molecule is CCN=C(NC(=O)OC(C)(C)C)N(C)C(C)=O. The van der Waals surface area contributed by atoms with Crippen molar-refractivity contribution in [2.75, 3.05) is 13.6 Å². The van der Waals surface area contributed by atoms with Gasteiger partial charge in [0, 0.05) is 20.5 Å². The van der Waals surface area contributed by atoms with Gasteiger partial charge in [0.25, 0.3) is 0 Å². The van der Waals surface area contributed by atoms with Gasteiger partial charge in [0.05, 0.1) is 0 Å². The average molecular weight is 243 g/mol. The van der Waals surface area contributed by atoms with Gasteiger partial charge < -0.3 is 4.74 Å². The summed E-state index contributed by atoms with van der Waals surface area (Å²) in [4.78, 5) is 28.0. The van der Waals surface area contributed by atoms with E-state index < -0.39 is 11.7 Å². The first-order valence-corrected chi connectivity index (χ1v) is 5.46. The van der Waals surface area contributed by atoms with Crippen LogP contribution in [-0.2, 0) is 9.53 Å². The van der Waals surface area contributed by atoms with E-state index in [1.807, 2.05) is 6.92 Å². The summed E-state index contributed by atoms with van der Waals surface area (Å²) in [5.74, 6) is -0.0255. The lowest BCUT2D eigenvalue weighted by Gasteiger charge is -2.22. The second-order valence-electron chi connectivity index (χ2n) is 4.50. The fraction of sp³-hybridized carbons (Fsp3) is 0.727. The van der Waals surface area contributed by atoms with Gasteiger partial charge in [0.15, 0.2) is 0 Å². The summed E-state index contributed by atoms with van der Waals surface area (Å²) in [6.45, 7) is 8.95. The van der Waals surface area contributed by atoms with E-state index >= 15 is 0 Å². The van der Waals surface area contributed by atoms with Crippen LogP contribution in [0.2, 0.25) is 0 Å². The number of aliphatic imine (C=N–C) groups is 1. The highest BCUT2D eigenvalue weighted by Gasteiger charge is 2.19. The van der Waals surface area contributed by atoms with E-state index in [1.165, 1.54) is 18.9 Å². The number of alkyl carbamates (subject to hydrolysis) is 1. The minimum Gasteiger partial charge on any atom is -0.444 e. The number of carbonyl (C=O) groups excluding carboxylic acids is 2. The minimum absolute atomic E-state index is 0.189. The van der Waals surface area contributed by atoms with Crippen molar-refractivity contribution < 1.29 is 14.3 Å². The van der Waals surface area contributed by atoms with Crippen molar-refractivity contribution in [3.63, 3.8) is 0 Å². The molecule has 0 radical (unpaired) electrons. The summed E-state index contributed by atoms with van der Waals surface area (Å²) < 4.78 is 5.08. The Bertz CT molecular complexity index is 318. The predicted octanol–water partition coefficient (Wildman–Crippen LogP) is 1.37. The van der Waals surface area contributed by atoms with Gasteiger partial charge >= 0.3 is 6.09 Å². The van der Waals surface area contributed by atoms with E-state index in [0.29, 0.717) is 6.54 Å². The van der Waals surface area contributed by atoms with Crippen LogP contribution in [0.5, 0.6) is 0 Å². The number of nitrogens with zero attached hydrogens (tertiary/aromatic N) is 2. The van der Waals surface area contributed by atoms with Crippen LogP contribution in [0.25, 0.3) is 0 Å². The zero-order valence-electron chi connectivity index (χ0n) is 11.3. The summed E-state index contributed by atoms with van der Waals surface area (Å²) >= 11 is 0. The van der Waals surface area contributed by atoms with Gasteiger partial charge in [-0.1, -0.05) is 0 Å². The molecule has 0 unspecified atom stereocenters. The molecule has 98 valence electrons. The van der Waals surface area contributed by atoms with Gasteiger partial charge in [0.1, 0.15) is 5.60 Å². The topological polar surface area (TPSA) is 71.0 Å². The van der Waals surface area contributed by atoms with Gasteiger partial charge in [-0.25, -0.2) is 4.79 Å². The Balaban J connectivity index is 4.63. The van der Waals surface area contributed by atoms with Crippen molar-refractivity contribution in [2.24, 2.45) is 4.99 Å². The largest absolute Gasteiger partial charge is 0.444 e. The molecule has 0 aliphatic rings. The van der Waals surface area contributed by atoms with Crippen molar-refractivity contribution in [3.8, 4) is 0 Å². The molecule has 0 bridgehead atoms. The van der Waals surface area contributed by atoms with Crippen LogP contribution in [0.1, 0.15) is 34.6 Å². The van der Waals surface area contributed by atoms with Crippen molar-refractivity contribution in [3.05, 3.63) is 0 Å². The van der Waals surface area contributed by atoms with Gasteiger partial charge in [-0.15, -0.1) is 0 Å². The van der Waals surface area contributed by atoms with Crippen LogP contribution >= 0.6 is 0 Å². The summed E-state index contributed by atoms with van der Waals surface area (Å²) in [5, 5.41) is 2.45. The van der Waals surface area contributed by atoms with Crippen molar-refractivity contribution >= 4 is 18.0 Å². The second kappa shape index (κ2) is 6.22. The molecule has 0 fully saturated rings. The molecule has 6 heteroatoms. The fourth-order valence-corrected chi connectivity index (χ4v) is 0.923. The highest BCUT2D eigenvalue weighted by atomic mass is 16.6. The van der Waals surface area contributed by atoms with Gasteiger partial charge in [-0.05, 0) is 27.7 Å². The number of ether oxygens (including phenoxy) is 1. The molecule has 0 saturated carbocycles. The standard InChI is InChI=1S/C11H21N3O3/c1-7-12-9(14(6)8(2)15)13-10(16)17-11(3,4)5/h7H2,1-6H3,(H,12,13,16). The van der Waals surface area contributed by atoms with Crippen LogP contribution in [0.15, 0.2) is 4.99 Å². The van der Waals surface area contributed by atoms with Crippen molar-refractivity contribution in [1.82, 2.24) is 10.2 Å². The van der Waals surface area contributed by atoms with Crippen LogP contribution < -0.4 is 5.32 Å². The summed E-state index contributed by atoms with van der Waals surface area (Å²) in [6.07, 6.45) is -0.627. The molecule has 0 saturated heterocycles. The number of amides is 2. The quantitative estimate of drug-likeness (QED) is 0.558. The Hall–Kier alpha value is -1.59. The molecule has 17 heavy (non-hydrogen) atoms. The second-order valence-corrected chi connectivity index (χ2v) is 4.50. The van der Waals surface area contributed by atoms with E-state index in [1.54, 1.807) is 20.8 Å². The molecular formula is C11H21N3O3. The van der Waals surface area contributed by atoms with E-state index in [9.17, 15) is 9.59 Å². The van der Waals surface area contributed by atoms with E-state index in [4.69, 9.17) is 4.74 Å². The number of guanidine groups is 1. The van der Waals surface area contributed by atoms with Gasteiger partial charge in [-0.2, -0.15) is 0 Å². The third-order valence-electron chi connectivity index (χ3n) is 1.71. The van der Waals surface area contributed by atoms with Crippen LogP contribution in [0.3, 0.4) is 0 Å². The normalized spacial score (nSPS) is 12.0. The maximum atomic E-state index is 11.5. The highest BCUT2D eigenvalue weighted by Crippen LogP contribution is 2.06. The molecule has 2 amide bonds. The Morgan fingerprint density at radius 3 is 2.24 bits per heavy atom. The molecule has 0 heterocycles. The van der Waals surface area contributed by atoms with Crippen LogP contribution in [0.4, 0.5) is 4.79 Å². The summed E-state index contributed by atoms with van der Waals surface area (Å²) in [6, 6.07) is 0. The molecular weight excluding hydrogens is 222 g/mol. The lowest BCUT2D eigenvalue weighted by molar-refractivity contribution is -0.124. The number of rotatable bonds is 1. The number of carbonyl (C=O) groups is 2. The van der Waals surface area contributed by atoms with E-state index in [0.717, 1.165) is 0 Å². The first kappa shape index (κ1) is 15.4. The first-order chi connectivity index (χ1) is 7.67. The van der Waals surface area contributed by atoms with Gasteiger partial charge in [0.2, 0.25) is 11.9 Å². The lowest BCUT2D eigenvalue weighted by Crippen LogP contribution is -2.46. The maximum absolute atomic E-state index is 11.5. The molecule has 0 rings (SSSR count). The van der Waals surface area contributed by atoms with Gasteiger partial charge in [-0.3, -0.25) is 20.0 Å². The zero-order valence-corrected chi connectivity index (χ0v) is 11.3. The highest BCUT2D eigenvalue weighted by molar-refractivity contribution is 6.02. The Morgan fingerprint density at radius 2 is 1.88 bits per heavy atom. The molecule has 0 aliphatic carbocycles. The third-order valence-corrected chi connectivity index (χ3v) is 1.71. The zero-order chi connectivity index (χ0) is 13.6. The monoisotopic (exact) mass is 243 g/mol. The maximum Gasteiger partial charge on any atom is 0.414 e. The minimum atomic E-state index is -0.627. The molecule has 0 aromatic heterocycles. The lowest BCUT2D eigenvalue weighted by atomic mass is 10.2. The van der Waals surface area contributed by atoms with Crippen molar-refractivity contribution in [2.45, 2.75) is 40.2 Å². The number of hydrogen-bond donors (Lipinski definition) is 1. The first-order valence-electron chi connectivity index (χ1n) is 5.46. The molecule has 0 aromatic carbocycles. The molecule has 6 nitrogen and oxygen atoms in total. The summed E-state index contributed by atoms with van der Waals surface area (Å²) in [5.41, 5.74) is -0.587. The van der Waals surface area contributed by atoms with Crippen molar-refractivity contribution in [1.29, 1.82) is 0 Å². The average Bonchev–Trinajstić information content (AvgIpc) is 2.12. The molecule has 0 atom stereocenters. The van der Waals surface area contributed by atoms with E-state index in [2.05, 4.69) is 10.3 Å². The summed E-state index contributed by atoms with van der Waals surface area (Å²) in [7, 11) is 1.54. The van der Waals surface area contributed by atoms with E-state index in [-0.39, 0.29) is 11.9 Å². The smallest absolute Gasteiger partial charge is 0.414 e. The third kappa shape index (κ3) is 6.55. The number of hydrogen-bond acceptors (Lipinski definition) is 4. The molecule has 0 spiro atoms. The molecule has 1 N–H and O–H groups in total. The fourth-order valence-electron chi connectivity index (χ4n) is 0.923. The molecule has 0 aliphatic heterocycles. The number of nitrogens with one attached hydrogen (secondary N) is 1. The van der Waals surface area contributed by atoms with Crippen LogP contribution in [-0.4, -0.2) is 42.1 Å². The Morgan fingerprint density at radius 1 is 1.35 bits per heavy atom.